The largest absolute Gasteiger partial charge is 0.504 e. The highest BCUT2D eigenvalue weighted by Crippen LogP contribution is 2.31. The molecular weight excluding hydrogens is 344 g/mol. The fraction of sp³-hybridized carbons (Fsp3) is 0.238. The normalized spacial score (nSPS) is 10.9. The topological polar surface area (TPSA) is 90.8 Å². The van der Waals surface area contributed by atoms with Crippen LogP contribution in [0.5, 0.6) is 23.0 Å². The smallest absolute Gasteiger partial charge is 0.159 e. The summed E-state index contributed by atoms with van der Waals surface area (Å²) in [6.45, 7) is 5.91. The summed E-state index contributed by atoms with van der Waals surface area (Å²) < 4.78 is 4.07. The summed E-state index contributed by atoms with van der Waals surface area (Å²) in [7, 11) is 0. The highest BCUT2D eigenvalue weighted by molar-refractivity contribution is 5.84. The predicted octanol–water partition coefficient (Wildman–Crippen LogP) is 4.53. The Bertz CT molecular complexity index is 1080. The molecule has 4 aromatic rings. The Kier molecular flexibility index (Phi) is 5.16. The van der Waals surface area contributed by atoms with Crippen LogP contribution in [-0.2, 0) is 13.1 Å². The van der Waals surface area contributed by atoms with Gasteiger partial charge in [0, 0.05) is 48.4 Å². The van der Waals surface area contributed by atoms with Crippen molar-refractivity contribution in [1.29, 1.82) is 0 Å². The van der Waals surface area contributed by atoms with Crippen molar-refractivity contribution in [2.75, 3.05) is 0 Å². The van der Waals surface area contributed by atoms with Gasteiger partial charge in [0.25, 0.3) is 0 Å². The molecule has 27 heavy (non-hydrogen) atoms. The van der Waals surface area contributed by atoms with Crippen LogP contribution < -0.4 is 0 Å². The van der Waals surface area contributed by atoms with Crippen molar-refractivity contribution < 1.29 is 20.4 Å². The van der Waals surface area contributed by atoms with E-state index in [1.165, 1.54) is 0 Å². The Morgan fingerprint density at radius 3 is 1.59 bits per heavy atom. The zero-order valence-electron chi connectivity index (χ0n) is 15.4. The van der Waals surface area contributed by atoms with E-state index in [1.807, 2.05) is 36.0 Å². The van der Waals surface area contributed by atoms with Gasteiger partial charge >= 0.3 is 0 Å². The van der Waals surface area contributed by atoms with Gasteiger partial charge in [0.2, 0.25) is 0 Å². The second kappa shape index (κ2) is 7.53. The highest BCUT2D eigenvalue weighted by Gasteiger charge is 2.06. The van der Waals surface area contributed by atoms with Crippen LogP contribution in [0.25, 0.3) is 21.8 Å². The first kappa shape index (κ1) is 18.5. The maximum atomic E-state index is 9.36. The van der Waals surface area contributed by atoms with Crippen molar-refractivity contribution in [2.45, 2.75) is 33.4 Å². The van der Waals surface area contributed by atoms with E-state index in [9.17, 15) is 20.4 Å². The number of aromatic hydroxyl groups is 4. The molecule has 0 spiro atoms. The maximum absolute atomic E-state index is 9.36. The van der Waals surface area contributed by atoms with Crippen molar-refractivity contribution in [2.24, 2.45) is 0 Å². The van der Waals surface area contributed by atoms with Gasteiger partial charge in [-0.3, -0.25) is 0 Å². The number of hydrogen-bond acceptors (Lipinski definition) is 4. The summed E-state index contributed by atoms with van der Waals surface area (Å²) in [4.78, 5) is 0. The maximum Gasteiger partial charge on any atom is 0.159 e. The quantitative estimate of drug-likeness (QED) is 0.400. The lowest BCUT2D eigenvalue weighted by atomic mass is 10.2. The number of benzene rings is 2. The lowest BCUT2D eigenvalue weighted by molar-refractivity contribution is 0.404. The molecule has 6 nitrogen and oxygen atoms in total. The van der Waals surface area contributed by atoms with E-state index >= 15 is 0 Å². The minimum absolute atomic E-state index is 0.0615. The van der Waals surface area contributed by atoms with Crippen LogP contribution in [0.3, 0.4) is 0 Å². The summed E-state index contributed by atoms with van der Waals surface area (Å²) in [5.74, 6) is -0.262. The summed E-state index contributed by atoms with van der Waals surface area (Å²) in [6.07, 6.45) is 4.95. The Morgan fingerprint density at radius 1 is 0.667 bits per heavy atom. The number of fused-ring (bicyclic) bond motifs is 2. The lowest BCUT2D eigenvalue weighted by Gasteiger charge is -2.03. The molecule has 0 saturated heterocycles. The monoisotopic (exact) mass is 368 g/mol. The first-order chi connectivity index (χ1) is 12.9. The molecule has 0 bridgehead atoms. The minimum Gasteiger partial charge on any atom is -0.504 e. The van der Waals surface area contributed by atoms with Crippen molar-refractivity contribution in [3.63, 3.8) is 0 Å². The van der Waals surface area contributed by atoms with Gasteiger partial charge in [-0.25, -0.2) is 0 Å². The van der Waals surface area contributed by atoms with Gasteiger partial charge in [-0.2, -0.15) is 0 Å². The first-order valence-corrected chi connectivity index (χ1v) is 8.96. The molecule has 2 heterocycles. The molecule has 0 unspecified atom stereocenters. The Hall–Kier alpha value is -3.28. The average molecular weight is 368 g/mol. The Labute approximate surface area is 157 Å². The fourth-order valence-electron chi connectivity index (χ4n) is 3.14. The van der Waals surface area contributed by atoms with Crippen LogP contribution in [0.15, 0.2) is 48.8 Å². The van der Waals surface area contributed by atoms with E-state index in [2.05, 4.69) is 11.5 Å². The predicted molar refractivity (Wildman–Crippen MR) is 107 cm³/mol. The van der Waals surface area contributed by atoms with Crippen molar-refractivity contribution in [3.05, 3.63) is 48.8 Å². The van der Waals surface area contributed by atoms with E-state index in [1.54, 1.807) is 24.3 Å². The molecule has 6 heteroatoms. The van der Waals surface area contributed by atoms with Crippen LogP contribution in [0.4, 0.5) is 0 Å². The summed E-state index contributed by atoms with van der Waals surface area (Å²) in [5.41, 5.74) is 1.90. The zero-order chi connectivity index (χ0) is 19.6. The van der Waals surface area contributed by atoms with Gasteiger partial charge in [-0.15, -0.1) is 0 Å². The first-order valence-electron chi connectivity index (χ1n) is 8.96. The number of phenols is 4. The molecule has 4 N–H and O–H groups in total. The number of hydrogen-bond donors (Lipinski definition) is 4. The number of nitrogens with zero attached hydrogens (tertiary/aromatic N) is 2. The van der Waals surface area contributed by atoms with Gasteiger partial charge in [0.15, 0.2) is 23.0 Å². The van der Waals surface area contributed by atoms with Crippen LogP contribution >= 0.6 is 0 Å². The molecule has 0 amide bonds. The molecule has 2 aromatic heterocycles. The molecule has 2 aromatic carbocycles. The standard InChI is InChI=1S/C11H13NO2.C10H11NO2/c1-2-4-12-5-3-8-6-10(13)11(14)7-9(8)12;1-2-11-4-3-7-5-9(12)10(13)6-8(7)11/h3,5-7,13-14H,2,4H2,1H3;3-6,12-13H,2H2,1H3. The molecule has 0 aliphatic carbocycles. The molecule has 0 aliphatic heterocycles. The van der Waals surface area contributed by atoms with Gasteiger partial charge in [0.05, 0.1) is 11.0 Å². The lowest BCUT2D eigenvalue weighted by Crippen LogP contribution is -1.93. The van der Waals surface area contributed by atoms with Crippen molar-refractivity contribution in [1.82, 2.24) is 9.13 Å². The average Bonchev–Trinajstić information content (AvgIpc) is 3.21. The van der Waals surface area contributed by atoms with Gasteiger partial charge in [-0.05, 0) is 37.6 Å². The Morgan fingerprint density at radius 2 is 1.11 bits per heavy atom. The molecular formula is C21H24N2O4. The zero-order valence-corrected chi connectivity index (χ0v) is 15.4. The second-order valence-electron chi connectivity index (χ2n) is 6.41. The van der Waals surface area contributed by atoms with E-state index in [4.69, 9.17) is 0 Å². The molecule has 0 aliphatic rings. The number of aromatic nitrogens is 2. The van der Waals surface area contributed by atoms with Crippen LogP contribution in [0.1, 0.15) is 20.3 Å². The number of phenolic OH excluding ortho intramolecular Hbond substituents is 4. The summed E-state index contributed by atoms with van der Waals surface area (Å²) >= 11 is 0. The van der Waals surface area contributed by atoms with Crippen LogP contribution in [0.2, 0.25) is 0 Å². The van der Waals surface area contributed by atoms with Gasteiger partial charge in [0.1, 0.15) is 0 Å². The molecule has 0 atom stereocenters. The van der Waals surface area contributed by atoms with E-state index in [-0.39, 0.29) is 23.0 Å². The van der Waals surface area contributed by atoms with Crippen LogP contribution in [-0.4, -0.2) is 29.6 Å². The molecule has 4 rings (SSSR count). The van der Waals surface area contributed by atoms with E-state index in [0.717, 1.165) is 41.3 Å². The minimum atomic E-state index is -0.0686. The summed E-state index contributed by atoms with van der Waals surface area (Å²) in [6, 6.07) is 10.2. The Balaban J connectivity index is 0.000000156. The number of rotatable bonds is 3. The van der Waals surface area contributed by atoms with Gasteiger partial charge < -0.3 is 29.6 Å². The highest BCUT2D eigenvalue weighted by atomic mass is 16.3. The van der Waals surface area contributed by atoms with Crippen molar-refractivity contribution in [3.8, 4) is 23.0 Å². The molecule has 142 valence electrons. The van der Waals surface area contributed by atoms with Gasteiger partial charge in [-0.1, -0.05) is 6.92 Å². The molecule has 0 radical (unpaired) electrons. The SMILES string of the molecule is CCCn1ccc2cc(O)c(O)cc21.CCn1ccc2cc(O)c(O)cc21. The fourth-order valence-corrected chi connectivity index (χ4v) is 3.14. The molecule has 0 saturated carbocycles. The van der Waals surface area contributed by atoms with E-state index < -0.39 is 0 Å². The number of aryl methyl sites for hydroxylation is 2. The van der Waals surface area contributed by atoms with Crippen LogP contribution in [0, 0.1) is 0 Å². The third-order valence-electron chi connectivity index (χ3n) is 4.54. The molecule has 0 fully saturated rings. The third-order valence-corrected chi connectivity index (χ3v) is 4.54. The van der Waals surface area contributed by atoms with E-state index in [0.29, 0.717) is 0 Å². The summed E-state index contributed by atoms with van der Waals surface area (Å²) in [5, 5.41) is 39.1. The second-order valence-corrected chi connectivity index (χ2v) is 6.41. The third kappa shape index (κ3) is 3.65. The van der Waals surface area contributed by atoms with Crippen molar-refractivity contribution >= 4 is 21.8 Å².